The largest absolute Gasteiger partial charge is 0.298 e. The van der Waals surface area contributed by atoms with Gasteiger partial charge in [0.25, 0.3) is 0 Å². The average molecular weight is 252 g/mol. The van der Waals surface area contributed by atoms with E-state index in [1.807, 2.05) is 7.05 Å². The summed E-state index contributed by atoms with van der Waals surface area (Å²) in [5, 5.41) is 5.56. The Labute approximate surface area is 105 Å². The molecule has 0 aliphatic carbocycles. The van der Waals surface area contributed by atoms with Gasteiger partial charge in [-0.2, -0.15) is 5.10 Å². The first kappa shape index (κ1) is 12.0. The lowest BCUT2D eigenvalue weighted by molar-refractivity contribution is 0.112. The molecule has 0 radical (unpaired) electrons. The fourth-order valence-corrected chi connectivity index (χ4v) is 1.99. The number of carbonyl (C=O) groups excluding carboxylic acids is 1. The van der Waals surface area contributed by atoms with Crippen LogP contribution in [-0.4, -0.2) is 21.1 Å². The van der Waals surface area contributed by atoms with Crippen molar-refractivity contribution in [1.82, 2.24) is 14.8 Å². The Morgan fingerprint density at radius 1 is 1.41 bits per heavy atom. The van der Waals surface area contributed by atoms with Crippen molar-refractivity contribution in [2.24, 2.45) is 7.05 Å². The van der Waals surface area contributed by atoms with Gasteiger partial charge in [-0.25, -0.2) is 4.98 Å². The first-order chi connectivity index (χ1) is 7.84. The molecule has 0 spiro atoms. The minimum atomic E-state index is -0.102. The van der Waals surface area contributed by atoms with E-state index in [2.05, 4.69) is 30.9 Å². The highest BCUT2D eigenvalue weighted by molar-refractivity contribution is 6.32. The number of hydrogen-bond donors (Lipinski definition) is 0. The molecular weight excluding hydrogens is 238 g/mol. The van der Waals surface area contributed by atoms with Crippen LogP contribution in [0.3, 0.4) is 0 Å². The summed E-state index contributed by atoms with van der Waals surface area (Å²) >= 11 is 5.92. The molecule has 0 N–H and O–H groups in total. The molecule has 0 atom stereocenters. The van der Waals surface area contributed by atoms with Crippen LogP contribution in [0.25, 0.3) is 11.0 Å². The van der Waals surface area contributed by atoms with Crippen molar-refractivity contribution in [2.45, 2.75) is 26.2 Å². The van der Waals surface area contributed by atoms with Gasteiger partial charge in [-0.15, -0.1) is 0 Å². The minimum absolute atomic E-state index is 0.102. The minimum Gasteiger partial charge on any atom is -0.298 e. The van der Waals surface area contributed by atoms with Crippen molar-refractivity contribution in [3.63, 3.8) is 0 Å². The third-order valence-electron chi connectivity index (χ3n) is 2.63. The molecule has 2 aromatic rings. The molecule has 0 fully saturated rings. The Hall–Kier alpha value is -1.42. The zero-order valence-corrected chi connectivity index (χ0v) is 11.0. The van der Waals surface area contributed by atoms with E-state index >= 15 is 0 Å². The van der Waals surface area contributed by atoms with Crippen LogP contribution < -0.4 is 0 Å². The molecule has 90 valence electrons. The molecule has 5 heteroatoms. The summed E-state index contributed by atoms with van der Waals surface area (Å²) in [5.41, 5.74) is 1.92. The van der Waals surface area contributed by atoms with Crippen molar-refractivity contribution in [3.8, 4) is 0 Å². The molecule has 0 unspecified atom stereocenters. The maximum atomic E-state index is 10.9. The van der Waals surface area contributed by atoms with Gasteiger partial charge in [0.2, 0.25) is 0 Å². The first-order valence-electron chi connectivity index (χ1n) is 5.33. The zero-order valence-electron chi connectivity index (χ0n) is 10.3. The Bertz CT molecular complexity index is 596. The van der Waals surface area contributed by atoms with Crippen LogP contribution in [0, 0.1) is 0 Å². The van der Waals surface area contributed by atoms with Gasteiger partial charge in [0.1, 0.15) is 5.15 Å². The van der Waals surface area contributed by atoms with E-state index in [0.717, 1.165) is 11.1 Å². The lowest BCUT2D eigenvalue weighted by Crippen LogP contribution is -2.12. The summed E-state index contributed by atoms with van der Waals surface area (Å²) in [6.45, 7) is 6.22. The van der Waals surface area contributed by atoms with Gasteiger partial charge in [0.15, 0.2) is 11.9 Å². The maximum Gasteiger partial charge on any atom is 0.159 e. The Morgan fingerprint density at radius 3 is 2.59 bits per heavy atom. The van der Waals surface area contributed by atoms with Crippen molar-refractivity contribution >= 4 is 28.9 Å². The summed E-state index contributed by atoms with van der Waals surface area (Å²) in [7, 11) is 1.82. The molecule has 4 nitrogen and oxygen atoms in total. The predicted octanol–water partition coefficient (Wildman–Crippen LogP) is 2.73. The van der Waals surface area contributed by atoms with E-state index in [1.165, 1.54) is 0 Å². The van der Waals surface area contributed by atoms with Crippen LogP contribution in [0.1, 0.15) is 36.8 Å². The van der Waals surface area contributed by atoms with Crippen LogP contribution in [0.2, 0.25) is 5.15 Å². The van der Waals surface area contributed by atoms with E-state index in [1.54, 1.807) is 10.7 Å². The monoisotopic (exact) mass is 251 g/mol. The number of aldehydes is 1. The molecule has 2 rings (SSSR count). The highest BCUT2D eigenvalue weighted by atomic mass is 35.5. The number of fused-ring (bicyclic) bond motifs is 1. The standard InChI is InChI=1S/C12H14ClN3O/c1-12(2,3)9-8-5-7(6-17)10(13)14-11(8)16(4)15-9/h5-6H,1-4H3. The topological polar surface area (TPSA) is 47.8 Å². The molecule has 2 aromatic heterocycles. The van der Waals surface area contributed by atoms with Crippen molar-refractivity contribution in [3.05, 3.63) is 22.5 Å². The number of pyridine rings is 1. The molecular formula is C12H14ClN3O. The molecule has 2 heterocycles. The third kappa shape index (κ3) is 1.93. The smallest absolute Gasteiger partial charge is 0.159 e. The lowest BCUT2D eigenvalue weighted by atomic mass is 9.90. The zero-order chi connectivity index (χ0) is 12.8. The summed E-state index contributed by atoms with van der Waals surface area (Å²) in [6.07, 6.45) is 0.716. The van der Waals surface area contributed by atoms with Crippen molar-refractivity contribution < 1.29 is 4.79 Å². The van der Waals surface area contributed by atoms with Crippen LogP contribution in [0.5, 0.6) is 0 Å². The fraction of sp³-hybridized carbons (Fsp3) is 0.417. The number of nitrogens with zero attached hydrogens (tertiary/aromatic N) is 3. The first-order valence-corrected chi connectivity index (χ1v) is 5.71. The number of hydrogen-bond acceptors (Lipinski definition) is 3. The Morgan fingerprint density at radius 2 is 2.06 bits per heavy atom. The summed E-state index contributed by atoms with van der Waals surface area (Å²) in [4.78, 5) is 15.1. The maximum absolute atomic E-state index is 10.9. The van der Waals surface area contributed by atoms with Gasteiger partial charge in [-0.1, -0.05) is 32.4 Å². The van der Waals surface area contributed by atoms with Crippen LogP contribution in [0.15, 0.2) is 6.07 Å². The molecule has 0 saturated carbocycles. The molecule has 0 amide bonds. The number of halogens is 1. The van der Waals surface area contributed by atoms with E-state index in [9.17, 15) is 4.79 Å². The molecule has 0 aliphatic heterocycles. The second kappa shape index (κ2) is 3.81. The van der Waals surface area contributed by atoms with Crippen molar-refractivity contribution in [2.75, 3.05) is 0 Å². The molecule has 17 heavy (non-hydrogen) atoms. The molecule has 0 bridgehead atoms. The fourth-order valence-electron chi connectivity index (χ4n) is 1.81. The highest BCUT2D eigenvalue weighted by Gasteiger charge is 2.23. The van der Waals surface area contributed by atoms with E-state index in [4.69, 9.17) is 11.6 Å². The van der Waals surface area contributed by atoms with Gasteiger partial charge < -0.3 is 0 Å². The number of carbonyl (C=O) groups is 1. The third-order valence-corrected chi connectivity index (χ3v) is 2.93. The number of aromatic nitrogens is 3. The lowest BCUT2D eigenvalue weighted by Gasteiger charge is -2.15. The van der Waals surface area contributed by atoms with Gasteiger partial charge >= 0.3 is 0 Å². The van der Waals surface area contributed by atoms with Crippen molar-refractivity contribution in [1.29, 1.82) is 0 Å². The summed E-state index contributed by atoms with van der Waals surface area (Å²) < 4.78 is 1.69. The summed E-state index contributed by atoms with van der Waals surface area (Å²) in [6, 6.07) is 1.76. The Balaban J connectivity index is 2.85. The van der Waals surface area contributed by atoms with Gasteiger partial charge in [-0.3, -0.25) is 9.48 Å². The van der Waals surface area contributed by atoms with E-state index in [0.29, 0.717) is 17.5 Å². The number of rotatable bonds is 1. The quantitative estimate of drug-likeness (QED) is 0.578. The normalized spacial score (nSPS) is 12.1. The highest BCUT2D eigenvalue weighted by Crippen LogP contribution is 2.29. The molecule has 0 aromatic carbocycles. The van der Waals surface area contributed by atoms with Gasteiger partial charge in [0.05, 0.1) is 11.3 Å². The average Bonchev–Trinajstić information content (AvgIpc) is 2.54. The second-order valence-corrected chi connectivity index (χ2v) is 5.44. The molecule has 0 saturated heterocycles. The van der Waals surface area contributed by atoms with Crippen LogP contribution in [0.4, 0.5) is 0 Å². The van der Waals surface area contributed by atoms with E-state index in [-0.39, 0.29) is 10.6 Å². The van der Waals surface area contributed by atoms with Crippen LogP contribution in [-0.2, 0) is 12.5 Å². The predicted molar refractivity (Wildman–Crippen MR) is 67.6 cm³/mol. The van der Waals surface area contributed by atoms with E-state index < -0.39 is 0 Å². The Kier molecular flexibility index (Phi) is 2.70. The van der Waals surface area contributed by atoms with Gasteiger partial charge in [-0.05, 0) is 6.07 Å². The number of aryl methyl sites for hydroxylation is 1. The SMILES string of the molecule is Cn1nc(C(C)(C)C)c2cc(C=O)c(Cl)nc21. The van der Waals surface area contributed by atoms with Gasteiger partial charge in [0, 0.05) is 17.8 Å². The molecule has 0 aliphatic rings. The summed E-state index contributed by atoms with van der Waals surface area (Å²) in [5.74, 6) is 0. The van der Waals surface area contributed by atoms with Crippen LogP contribution >= 0.6 is 11.6 Å². The second-order valence-electron chi connectivity index (χ2n) is 5.08.